The van der Waals surface area contributed by atoms with Gasteiger partial charge in [-0.15, -0.1) is 0 Å². The van der Waals surface area contributed by atoms with E-state index in [4.69, 9.17) is 0 Å². The molecular formula is C13H18BFO2S. The van der Waals surface area contributed by atoms with E-state index in [9.17, 15) is 14.4 Å². The second-order valence-electron chi connectivity index (χ2n) is 4.88. The first-order valence-corrected chi connectivity index (χ1v) is 7.54. The first kappa shape index (κ1) is 13.9. The zero-order valence-corrected chi connectivity index (χ0v) is 11.1. The number of hydrogen-bond acceptors (Lipinski definition) is 3. The van der Waals surface area contributed by atoms with Crippen LogP contribution in [0.2, 0.25) is 0 Å². The van der Waals surface area contributed by atoms with Crippen molar-refractivity contribution in [3.05, 3.63) is 29.6 Å². The van der Waals surface area contributed by atoms with Gasteiger partial charge in [0.05, 0.1) is 0 Å². The summed E-state index contributed by atoms with van der Waals surface area (Å²) in [4.78, 5) is 0. The van der Waals surface area contributed by atoms with Crippen LogP contribution in [0.25, 0.3) is 0 Å². The third-order valence-corrected chi connectivity index (χ3v) is 4.69. The number of hydrogen-bond donors (Lipinski definition) is 2. The average molecular weight is 268 g/mol. The fourth-order valence-electron chi connectivity index (χ4n) is 2.45. The minimum absolute atomic E-state index is 0.286. The van der Waals surface area contributed by atoms with Gasteiger partial charge in [0.2, 0.25) is 0 Å². The Labute approximate surface area is 112 Å². The fourth-order valence-corrected chi connectivity index (χ4v) is 3.72. The van der Waals surface area contributed by atoms with E-state index in [1.54, 1.807) is 17.8 Å². The Hall–Kier alpha value is -0.515. The van der Waals surface area contributed by atoms with Gasteiger partial charge in [0.1, 0.15) is 5.82 Å². The van der Waals surface area contributed by atoms with Crippen LogP contribution in [0.5, 0.6) is 0 Å². The first-order chi connectivity index (χ1) is 8.66. The average Bonchev–Trinajstić information content (AvgIpc) is 2.84. The third-order valence-electron chi connectivity index (χ3n) is 3.47. The maximum Gasteiger partial charge on any atom is 0.488 e. The second kappa shape index (κ2) is 6.59. The highest BCUT2D eigenvalue weighted by Crippen LogP contribution is 2.28. The molecule has 18 heavy (non-hydrogen) atoms. The Morgan fingerprint density at radius 1 is 1.28 bits per heavy atom. The highest BCUT2D eigenvalue weighted by molar-refractivity contribution is 7.98. The summed E-state index contributed by atoms with van der Waals surface area (Å²) in [5.41, 5.74) is 1.10. The maximum absolute atomic E-state index is 13.0. The highest BCUT2D eigenvalue weighted by Gasteiger charge is 2.18. The van der Waals surface area contributed by atoms with Crippen LogP contribution in [0.4, 0.5) is 4.39 Å². The molecule has 1 fully saturated rings. The largest absolute Gasteiger partial charge is 0.488 e. The zero-order valence-electron chi connectivity index (χ0n) is 10.3. The Balaban J connectivity index is 1.91. The van der Waals surface area contributed by atoms with Gasteiger partial charge in [-0.1, -0.05) is 18.9 Å². The van der Waals surface area contributed by atoms with E-state index < -0.39 is 12.9 Å². The molecule has 1 aliphatic carbocycles. The van der Waals surface area contributed by atoms with Crippen LogP contribution in [0, 0.1) is 11.7 Å². The first-order valence-electron chi connectivity index (χ1n) is 6.39. The minimum atomic E-state index is -1.59. The smallest absolute Gasteiger partial charge is 0.423 e. The van der Waals surface area contributed by atoms with Gasteiger partial charge in [0, 0.05) is 5.75 Å². The van der Waals surface area contributed by atoms with E-state index >= 15 is 0 Å². The lowest BCUT2D eigenvalue weighted by Crippen LogP contribution is -2.33. The predicted octanol–water partition coefficient (Wildman–Crippen LogP) is 1.93. The van der Waals surface area contributed by atoms with E-state index in [1.807, 2.05) is 0 Å². The van der Waals surface area contributed by atoms with Crippen molar-refractivity contribution in [3.8, 4) is 0 Å². The lowest BCUT2D eigenvalue weighted by atomic mass is 9.77. The van der Waals surface area contributed by atoms with Gasteiger partial charge in [-0.05, 0) is 47.7 Å². The second-order valence-corrected chi connectivity index (χ2v) is 5.91. The predicted molar refractivity (Wildman–Crippen MR) is 74.3 cm³/mol. The van der Waals surface area contributed by atoms with E-state index in [1.165, 1.54) is 37.8 Å². The molecule has 0 amide bonds. The topological polar surface area (TPSA) is 40.5 Å². The maximum atomic E-state index is 13.0. The number of benzene rings is 1. The molecule has 0 bridgehead atoms. The molecule has 0 heterocycles. The summed E-state index contributed by atoms with van der Waals surface area (Å²) in [6.07, 6.45) is 5.29. The summed E-state index contributed by atoms with van der Waals surface area (Å²) in [7, 11) is -1.59. The summed E-state index contributed by atoms with van der Waals surface area (Å²) in [5, 5.41) is 18.4. The molecule has 0 atom stereocenters. The summed E-state index contributed by atoms with van der Waals surface area (Å²) < 4.78 is 13.0. The summed E-state index contributed by atoms with van der Waals surface area (Å²) >= 11 is 1.80. The molecule has 1 aromatic rings. The molecule has 0 aromatic heterocycles. The molecule has 2 nitrogen and oxygen atoms in total. The van der Waals surface area contributed by atoms with Crippen LogP contribution < -0.4 is 5.46 Å². The molecule has 2 N–H and O–H groups in total. The van der Waals surface area contributed by atoms with Gasteiger partial charge in [-0.25, -0.2) is 4.39 Å². The third kappa shape index (κ3) is 3.74. The summed E-state index contributed by atoms with van der Waals surface area (Å²) in [5.74, 6) is 2.20. The molecule has 0 spiro atoms. The van der Waals surface area contributed by atoms with E-state index in [0.717, 1.165) is 17.2 Å². The van der Waals surface area contributed by atoms with Crippen LogP contribution in [0.15, 0.2) is 18.2 Å². The quantitative estimate of drug-likeness (QED) is 0.802. The van der Waals surface area contributed by atoms with E-state index in [0.29, 0.717) is 5.75 Å². The molecule has 0 aliphatic heterocycles. The van der Waals surface area contributed by atoms with Crippen LogP contribution in [0.3, 0.4) is 0 Å². The van der Waals surface area contributed by atoms with Crippen molar-refractivity contribution in [2.24, 2.45) is 5.92 Å². The monoisotopic (exact) mass is 268 g/mol. The Morgan fingerprint density at radius 2 is 2.00 bits per heavy atom. The normalized spacial score (nSPS) is 16.2. The van der Waals surface area contributed by atoms with Gasteiger partial charge in [-0.3, -0.25) is 0 Å². The number of thioether (sulfide) groups is 1. The van der Waals surface area contributed by atoms with Gasteiger partial charge < -0.3 is 10.0 Å². The van der Waals surface area contributed by atoms with Crippen molar-refractivity contribution in [3.63, 3.8) is 0 Å². The molecule has 0 saturated heterocycles. The van der Waals surface area contributed by atoms with Gasteiger partial charge >= 0.3 is 7.12 Å². The molecule has 1 aromatic carbocycles. The molecule has 1 aliphatic rings. The molecule has 0 unspecified atom stereocenters. The van der Waals surface area contributed by atoms with Gasteiger partial charge in [0.15, 0.2) is 0 Å². The van der Waals surface area contributed by atoms with Crippen molar-refractivity contribution < 1.29 is 14.4 Å². The Kier molecular flexibility index (Phi) is 5.09. The molecule has 5 heteroatoms. The van der Waals surface area contributed by atoms with Crippen molar-refractivity contribution in [1.82, 2.24) is 0 Å². The minimum Gasteiger partial charge on any atom is -0.423 e. The van der Waals surface area contributed by atoms with Gasteiger partial charge in [-0.2, -0.15) is 11.8 Å². The summed E-state index contributed by atoms with van der Waals surface area (Å²) in [6, 6.07) is 4.22. The lowest BCUT2D eigenvalue weighted by molar-refractivity contribution is 0.425. The molecule has 1 saturated carbocycles. The fraction of sp³-hybridized carbons (Fsp3) is 0.538. The van der Waals surface area contributed by atoms with Crippen LogP contribution in [-0.2, 0) is 5.75 Å². The SMILES string of the molecule is OB(O)c1cc(F)ccc1CSCC1CCCC1. The molecule has 2 rings (SSSR count). The standard InChI is InChI=1S/C13H18BFO2S/c15-12-6-5-11(13(7-12)14(16)17)9-18-8-10-3-1-2-4-10/h5-7,10,16-17H,1-4,8-9H2. The van der Waals surface area contributed by atoms with E-state index in [-0.39, 0.29) is 5.46 Å². The van der Waals surface area contributed by atoms with Crippen molar-refractivity contribution in [2.45, 2.75) is 31.4 Å². The summed E-state index contributed by atoms with van der Waals surface area (Å²) in [6.45, 7) is 0. The van der Waals surface area contributed by atoms with Crippen molar-refractivity contribution >= 4 is 24.3 Å². The highest BCUT2D eigenvalue weighted by atomic mass is 32.2. The van der Waals surface area contributed by atoms with E-state index in [2.05, 4.69) is 0 Å². The lowest BCUT2D eigenvalue weighted by Gasteiger charge is -2.11. The molecule has 0 radical (unpaired) electrons. The zero-order chi connectivity index (χ0) is 13.0. The number of rotatable bonds is 5. The van der Waals surface area contributed by atoms with Crippen LogP contribution in [0.1, 0.15) is 31.2 Å². The molecular weight excluding hydrogens is 250 g/mol. The van der Waals surface area contributed by atoms with Crippen LogP contribution >= 0.6 is 11.8 Å². The van der Waals surface area contributed by atoms with Gasteiger partial charge in [0.25, 0.3) is 0 Å². The number of halogens is 1. The Bertz CT molecular complexity index is 395. The Morgan fingerprint density at radius 3 is 2.67 bits per heavy atom. The van der Waals surface area contributed by atoms with Crippen LogP contribution in [-0.4, -0.2) is 22.9 Å². The van der Waals surface area contributed by atoms with Crippen molar-refractivity contribution in [1.29, 1.82) is 0 Å². The van der Waals surface area contributed by atoms with Crippen molar-refractivity contribution in [2.75, 3.05) is 5.75 Å². The molecule has 98 valence electrons.